The van der Waals surface area contributed by atoms with E-state index in [0.29, 0.717) is 60.7 Å². The Morgan fingerprint density at radius 2 is 1.87 bits per heavy atom. The lowest BCUT2D eigenvalue weighted by Gasteiger charge is -2.36. The summed E-state index contributed by atoms with van der Waals surface area (Å²) in [5.41, 5.74) is 1.44. The molecule has 0 saturated carbocycles. The molecule has 3 heterocycles. The molecule has 1 fully saturated rings. The number of nitrogens with zero attached hydrogens (tertiary/aromatic N) is 4. The Morgan fingerprint density at radius 3 is 2.53 bits per heavy atom. The van der Waals surface area contributed by atoms with Gasteiger partial charge in [0.1, 0.15) is 16.5 Å². The van der Waals surface area contributed by atoms with Crippen LogP contribution in [0.5, 0.6) is 0 Å². The number of fused-ring (bicyclic) bond motifs is 1. The number of aliphatic hydroxyl groups is 1. The van der Waals surface area contributed by atoms with Crippen LogP contribution >= 0.6 is 0 Å². The van der Waals surface area contributed by atoms with E-state index in [1.165, 1.54) is 6.07 Å². The highest BCUT2D eigenvalue weighted by Gasteiger charge is 2.29. The van der Waals surface area contributed by atoms with Crippen molar-refractivity contribution in [3.8, 4) is 0 Å². The predicted octanol–water partition coefficient (Wildman–Crippen LogP) is 2.03. The molecule has 1 unspecified atom stereocenters. The van der Waals surface area contributed by atoms with Crippen molar-refractivity contribution in [2.75, 3.05) is 53.7 Å². The molecule has 0 spiro atoms. The molecule has 0 aliphatic carbocycles. The van der Waals surface area contributed by atoms with E-state index in [2.05, 4.69) is 10.2 Å². The van der Waals surface area contributed by atoms with E-state index < -0.39 is 10.8 Å². The van der Waals surface area contributed by atoms with Crippen molar-refractivity contribution in [3.05, 3.63) is 35.8 Å². The van der Waals surface area contributed by atoms with Gasteiger partial charge in [-0.15, -0.1) is 0 Å². The van der Waals surface area contributed by atoms with Crippen LogP contribution in [0.1, 0.15) is 19.5 Å². The minimum absolute atomic E-state index is 0.0281. The maximum Gasteiger partial charge on any atom is 0.227 e. The number of halogens is 1. The Hall–Kier alpha value is -2.26. The molecule has 0 amide bonds. The van der Waals surface area contributed by atoms with Crippen molar-refractivity contribution >= 4 is 28.3 Å². The molecular weight excluding hydrogens is 405 g/mol. The number of piperazine rings is 1. The van der Waals surface area contributed by atoms with E-state index in [-0.39, 0.29) is 24.4 Å². The van der Waals surface area contributed by atoms with E-state index >= 15 is 0 Å². The lowest BCUT2D eigenvalue weighted by Crippen LogP contribution is -2.47. The van der Waals surface area contributed by atoms with Gasteiger partial charge in [0.2, 0.25) is 5.95 Å². The quantitative estimate of drug-likeness (QED) is 0.721. The zero-order valence-electron chi connectivity index (χ0n) is 17.3. The maximum atomic E-state index is 14.1. The Kier molecular flexibility index (Phi) is 6.19. The van der Waals surface area contributed by atoms with Gasteiger partial charge in [-0.3, -0.25) is 4.21 Å². The van der Waals surface area contributed by atoms with Crippen molar-refractivity contribution in [2.24, 2.45) is 5.92 Å². The molecule has 30 heavy (non-hydrogen) atoms. The molecule has 162 valence electrons. The maximum absolute atomic E-state index is 14.1. The fourth-order valence-electron chi connectivity index (χ4n) is 3.88. The van der Waals surface area contributed by atoms with Crippen LogP contribution in [-0.2, 0) is 17.2 Å². The summed E-state index contributed by atoms with van der Waals surface area (Å²) in [7, 11) is -1.13. The van der Waals surface area contributed by atoms with Crippen LogP contribution in [0, 0.1) is 11.7 Å². The van der Waals surface area contributed by atoms with Crippen molar-refractivity contribution in [1.82, 2.24) is 9.97 Å². The van der Waals surface area contributed by atoms with Gasteiger partial charge in [0.25, 0.3) is 0 Å². The molecule has 0 bridgehead atoms. The fraction of sp³-hybridized carbons (Fsp3) is 0.524. The van der Waals surface area contributed by atoms with Gasteiger partial charge in [0.05, 0.1) is 34.8 Å². The topological polar surface area (TPSA) is 81.6 Å². The SMILES string of the molecule is CC(C)[C@H](CO)Nc1nc(N2CCN(c3ccccc3F)CC2)nc2c1S(=O)CC2. The molecule has 4 rings (SSSR count). The zero-order valence-corrected chi connectivity index (χ0v) is 18.2. The highest BCUT2D eigenvalue weighted by molar-refractivity contribution is 7.85. The van der Waals surface area contributed by atoms with Crippen LogP contribution in [0.4, 0.5) is 21.8 Å². The summed E-state index contributed by atoms with van der Waals surface area (Å²) in [4.78, 5) is 14.2. The number of aliphatic hydroxyl groups excluding tert-OH is 1. The van der Waals surface area contributed by atoms with E-state index in [4.69, 9.17) is 9.97 Å². The summed E-state index contributed by atoms with van der Waals surface area (Å²) in [6, 6.07) is 6.65. The largest absolute Gasteiger partial charge is 0.394 e. The monoisotopic (exact) mass is 433 g/mol. The van der Waals surface area contributed by atoms with E-state index in [9.17, 15) is 13.7 Å². The van der Waals surface area contributed by atoms with Gasteiger partial charge < -0.3 is 20.2 Å². The van der Waals surface area contributed by atoms with Crippen molar-refractivity contribution in [2.45, 2.75) is 31.2 Å². The smallest absolute Gasteiger partial charge is 0.227 e. The van der Waals surface area contributed by atoms with Crippen LogP contribution in [0.3, 0.4) is 0 Å². The molecule has 1 saturated heterocycles. The summed E-state index contributed by atoms with van der Waals surface area (Å²) in [5.74, 6) is 1.70. The van der Waals surface area contributed by atoms with Gasteiger partial charge in [-0.05, 0) is 18.1 Å². The Balaban J connectivity index is 1.56. The predicted molar refractivity (Wildman–Crippen MR) is 117 cm³/mol. The van der Waals surface area contributed by atoms with Crippen LogP contribution in [0.25, 0.3) is 0 Å². The van der Waals surface area contributed by atoms with Gasteiger partial charge in [-0.1, -0.05) is 26.0 Å². The molecule has 7 nitrogen and oxygen atoms in total. The number of hydrogen-bond donors (Lipinski definition) is 2. The third-order valence-corrected chi connectivity index (χ3v) is 7.21. The molecule has 2 N–H and O–H groups in total. The summed E-state index contributed by atoms with van der Waals surface area (Å²) >= 11 is 0. The third-order valence-electron chi connectivity index (χ3n) is 5.76. The summed E-state index contributed by atoms with van der Waals surface area (Å²) in [6.45, 7) is 6.69. The second-order valence-electron chi connectivity index (χ2n) is 8.05. The molecule has 2 aliphatic rings. The van der Waals surface area contributed by atoms with Crippen LogP contribution in [0.15, 0.2) is 29.2 Å². The highest BCUT2D eigenvalue weighted by atomic mass is 32.2. The number of aryl methyl sites for hydroxylation is 1. The van der Waals surface area contributed by atoms with Gasteiger partial charge in [-0.2, -0.15) is 4.98 Å². The number of benzene rings is 1. The number of nitrogens with one attached hydrogen (secondary N) is 1. The van der Waals surface area contributed by atoms with Gasteiger partial charge >= 0.3 is 0 Å². The lowest BCUT2D eigenvalue weighted by atomic mass is 10.1. The molecule has 1 aromatic carbocycles. The Labute approximate surface area is 178 Å². The first kappa shape index (κ1) is 21.0. The Bertz CT molecular complexity index is 934. The molecule has 1 aromatic heterocycles. The zero-order chi connectivity index (χ0) is 21.3. The first-order valence-electron chi connectivity index (χ1n) is 10.4. The second kappa shape index (κ2) is 8.85. The number of anilines is 3. The normalized spacial score (nSPS) is 19.8. The number of hydrogen-bond acceptors (Lipinski definition) is 7. The summed E-state index contributed by atoms with van der Waals surface area (Å²) < 4.78 is 26.6. The van der Waals surface area contributed by atoms with E-state index in [1.54, 1.807) is 12.1 Å². The molecule has 2 aliphatic heterocycles. The molecule has 9 heteroatoms. The van der Waals surface area contributed by atoms with Crippen LogP contribution in [0.2, 0.25) is 0 Å². The third kappa shape index (κ3) is 4.13. The standard InChI is InChI=1S/C21H28FN5O2S/c1-14(2)17(13-28)23-20-19-16(7-12-30(19)29)24-21(25-20)27-10-8-26(9-11-27)18-6-4-3-5-15(18)22/h3-6,14,17,28H,7-13H2,1-2H3,(H,23,24,25)/t17-,30?/m0/s1. The van der Waals surface area contributed by atoms with Gasteiger partial charge in [0, 0.05) is 38.4 Å². The Morgan fingerprint density at radius 1 is 1.17 bits per heavy atom. The molecule has 2 atom stereocenters. The first-order chi connectivity index (χ1) is 14.5. The molecule has 2 aromatic rings. The average Bonchev–Trinajstić information content (AvgIpc) is 3.13. The minimum Gasteiger partial charge on any atom is -0.394 e. The van der Waals surface area contributed by atoms with Gasteiger partial charge in [0.15, 0.2) is 0 Å². The van der Waals surface area contributed by atoms with E-state index in [0.717, 1.165) is 5.69 Å². The van der Waals surface area contributed by atoms with Crippen molar-refractivity contribution in [3.63, 3.8) is 0 Å². The van der Waals surface area contributed by atoms with Crippen molar-refractivity contribution in [1.29, 1.82) is 0 Å². The van der Waals surface area contributed by atoms with Gasteiger partial charge in [-0.25, -0.2) is 9.37 Å². The lowest BCUT2D eigenvalue weighted by molar-refractivity contribution is 0.249. The minimum atomic E-state index is -1.13. The number of rotatable bonds is 6. The molecular formula is C21H28FN5O2S. The highest BCUT2D eigenvalue weighted by Crippen LogP contribution is 2.31. The number of aromatic nitrogens is 2. The van der Waals surface area contributed by atoms with E-state index in [1.807, 2.05) is 24.8 Å². The van der Waals surface area contributed by atoms with Crippen molar-refractivity contribution < 1.29 is 13.7 Å². The average molecular weight is 434 g/mol. The second-order valence-corrected chi connectivity index (χ2v) is 9.56. The summed E-state index contributed by atoms with van der Waals surface area (Å²) in [5, 5.41) is 13.0. The number of para-hydroxylation sites is 1. The van der Waals surface area contributed by atoms with Crippen LogP contribution < -0.4 is 15.1 Å². The first-order valence-corrected chi connectivity index (χ1v) is 11.7. The fourth-order valence-corrected chi connectivity index (χ4v) is 5.19. The molecule has 0 radical (unpaired) electrons. The summed E-state index contributed by atoms with van der Waals surface area (Å²) in [6.07, 6.45) is 0.660. The van der Waals surface area contributed by atoms with Crippen LogP contribution in [-0.4, -0.2) is 63.9 Å².